The van der Waals surface area contributed by atoms with Crippen LogP contribution in [0.25, 0.3) is 0 Å². The third-order valence-corrected chi connectivity index (χ3v) is 1.53. The molecule has 0 aliphatic rings. The molecule has 8 heteroatoms. The van der Waals surface area contributed by atoms with Gasteiger partial charge in [-0.25, -0.2) is 0 Å². The maximum Gasteiger partial charge on any atom is 2.00 e. The van der Waals surface area contributed by atoms with Gasteiger partial charge in [-0.05, 0) is 5.92 Å². The van der Waals surface area contributed by atoms with Gasteiger partial charge in [-0.3, -0.25) is 0 Å². The Morgan fingerprint density at radius 3 is 1.53 bits per heavy atom. The molecule has 0 heterocycles. The molecule has 0 spiro atoms. The molecule has 0 aromatic heterocycles. The Morgan fingerprint density at radius 1 is 1.24 bits per heavy atom. The zero-order valence-electron chi connectivity index (χ0n) is 9.21. The Bertz CT molecular complexity index is 193. The zero-order chi connectivity index (χ0) is 13.4. The molecule has 0 fully saturated rings. The van der Waals surface area contributed by atoms with E-state index in [4.69, 9.17) is 19.7 Å². The molecule has 2 N–H and O–H groups in total. The van der Waals surface area contributed by atoms with Crippen LogP contribution >= 0.6 is 0 Å². The third kappa shape index (κ3) is 31.3. The largest absolute Gasteiger partial charge is 2.00 e. The summed E-state index contributed by atoms with van der Waals surface area (Å²) in [5.74, 6) is -1.15. The average Bonchev–Trinajstić information content (AvgIpc) is 2.34. The molecule has 0 saturated heterocycles. The minimum atomic E-state index is -1.16. The molecule has 17 heavy (non-hydrogen) atoms. The van der Waals surface area contributed by atoms with E-state index in [2.05, 4.69) is 20.0 Å². The van der Waals surface area contributed by atoms with Gasteiger partial charge < -0.3 is 28.0 Å². The number of carbonyl (C=O) groups excluding carboxylic acids is 1. The van der Waals surface area contributed by atoms with E-state index in [9.17, 15) is 9.90 Å². The van der Waals surface area contributed by atoms with E-state index in [1.807, 2.05) is 6.92 Å². The molecule has 0 radical (unpaired) electrons. The Kier molecular flexibility index (Phi) is 76.3. The van der Waals surface area contributed by atoms with Gasteiger partial charge in [0.1, 0.15) is 0 Å². The summed E-state index contributed by atoms with van der Waals surface area (Å²) in [7, 11) is 0. The summed E-state index contributed by atoms with van der Waals surface area (Å²) in [6.07, 6.45) is 0.773. The zero-order valence-corrected chi connectivity index (χ0v) is 11.7. The summed E-state index contributed by atoms with van der Waals surface area (Å²) in [5.41, 5.74) is 5.21. The number of carbonyl (C=O) groups is 1. The molecule has 0 rings (SSSR count). The minimum Gasteiger partial charge on any atom is -1.00 e. The van der Waals surface area contributed by atoms with Gasteiger partial charge in [0, 0.05) is 6.04 Å². The van der Waals surface area contributed by atoms with Crippen molar-refractivity contribution in [3.8, 4) is 0 Å². The molecular weight excluding hydrogens is 339 g/mol. The van der Waals surface area contributed by atoms with Gasteiger partial charge in [0.2, 0.25) is 0 Å². The van der Waals surface area contributed by atoms with Crippen molar-refractivity contribution >= 4 is 5.97 Å². The smallest absolute Gasteiger partial charge is 1.00 e. The Labute approximate surface area is 120 Å². The number of rotatable bonds is 3. The van der Waals surface area contributed by atoms with Gasteiger partial charge in [-0.15, -0.1) is 0 Å². The molecule has 0 amide bonds. The van der Waals surface area contributed by atoms with E-state index in [1.165, 1.54) is 0 Å². The van der Waals surface area contributed by atoms with Crippen LogP contribution in [0.2, 0.25) is 0 Å². The van der Waals surface area contributed by atoms with Crippen LogP contribution in [0.3, 0.4) is 0 Å². The van der Waals surface area contributed by atoms with E-state index in [0.717, 1.165) is 6.42 Å². The first-order valence-electron chi connectivity index (χ1n) is 3.67. The van der Waals surface area contributed by atoms with Crippen molar-refractivity contribution in [3.63, 3.8) is 0 Å². The summed E-state index contributed by atoms with van der Waals surface area (Å²) in [4.78, 5) is 10.1. The molecule has 0 aliphatic carbocycles. The van der Waals surface area contributed by atoms with Gasteiger partial charge in [-0.2, -0.15) is 0 Å². The second-order valence-electron chi connectivity index (χ2n) is 2.23. The van der Waals surface area contributed by atoms with Crippen molar-refractivity contribution in [1.29, 1.82) is 0 Å². The maximum atomic E-state index is 10.1. The Balaban J connectivity index is -0.0000000330. The van der Waals surface area contributed by atoms with Crippen LogP contribution < -0.4 is 23.2 Å². The van der Waals surface area contributed by atoms with Crippen LogP contribution in [-0.4, -0.2) is 12.0 Å². The fourth-order valence-electron chi connectivity index (χ4n) is 0.486. The minimum absolute atomic E-state index is 0. The van der Waals surface area contributed by atoms with Crippen molar-refractivity contribution < 1.29 is 55.7 Å². The van der Waals surface area contributed by atoms with Crippen LogP contribution in [0.1, 0.15) is 20.3 Å². The third-order valence-electron chi connectivity index (χ3n) is 1.53. The van der Waals surface area contributed by atoms with Crippen LogP contribution in [0.5, 0.6) is 0 Å². The molecule has 2 atom stereocenters. The standard InChI is InChI=1S/C6H13NO2.3CO.ClH.Ru/c1-3-4(2)5(7)6(8)9;3*1-2;;/h4-5H,3,7H2,1-2H3,(H,8,9);;;;1H;/q;;;;;+2/p-2. The normalized spacial score (nSPS) is 9.24. The summed E-state index contributed by atoms with van der Waals surface area (Å²) in [5, 5.41) is 10.1. The summed E-state index contributed by atoms with van der Waals surface area (Å²) in [6.45, 7) is 17.2. The first-order valence-corrected chi connectivity index (χ1v) is 3.67. The van der Waals surface area contributed by atoms with Gasteiger partial charge in [0.25, 0.3) is 0 Å². The first-order chi connectivity index (χ1) is 7.09. The molecule has 98 valence electrons. The van der Waals surface area contributed by atoms with Gasteiger partial charge >= 0.3 is 53.4 Å². The van der Waals surface area contributed by atoms with Crippen LogP contribution in [-0.2, 0) is 38.2 Å². The van der Waals surface area contributed by atoms with Gasteiger partial charge in [0.05, 0.1) is 5.97 Å². The topological polar surface area (TPSA) is 126 Å². The van der Waals surface area contributed by atoms with Gasteiger partial charge in [-0.1, -0.05) is 20.3 Å². The SMILES string of the molecule is CCC(C)C(N)C(=O)[O-].[C-]#[O+].[C-]#[O+].[C-]#[O+].[Cl-].[Ru+2]. The monoisotopic (exact) mass is 351 g/mol. The molecule has 6 nitrogen and oxygen atoms in total. The number of nitrogens with two attached hydrogens (primary N) is 1. The second-order valence-corrected chi connectivity index (χ2v) is 2.23. The molecule has 0 aliphatic heterocycles. The molecule has 0 bridgehead atoms. The number of halogens is 1. The van der Waals surface area contributed by atoms with Crippen LogP contribution in [0, 0.1) is 25.9 Å². The van der Waals surface area contributed by atoms with E-state index in [-0.39, 0.29) is 37.8 Å². The Morgan fingerprint density at radius 2 is 1.47 bits per heavy atom. The molecule has 0 aromatic carbocycles. The summed E-state index contributed by atoms with van der Waals surface area (Å²) in [6, 6.07) is -0.810. The quantitative estimate of drug-likeness (QED) is 0.316. The molecule has 2 unspecified atom stereocenters. The predicted molar refractivity (Wildman–Crippen MR) is 44.2 cm³/mol. The first kappa shape index (κ1) is 36.0. The predicted octanol–water partition coefficient (Wildman–Crippen LogP) is -4.00. The number of aliphatic carboxylic acids is 1. The van der Waals surface area contributed by atoms with E-state index in [0.29, 0.717) is 0 Å². The number of hydrogen-bond acceptors (Lipinski definition) is 3. The van der Waals surface area contributed by atoms with Crippen molar-refractivity contribution in [2.45, 2.75) is 26.3 Å². The van der Waals surface area contributed by atoms with Crippen LogP contribution in [0.15, 0.2) is 0 Å². The van der Waals surface area contributed by atoms with E-state index < -0.39 is 12.0 Å². The van der Waals surface area contributed by atoms with E-state index in [1.54, 1.807) is 6.92 Å². The van der Waals surface area contributed by atoms with Crippen molar-refractivity contribution in [1.82, 2.24) is 0 Å². The molecule has 0 saturated carbocycles. The maximum absolute atomic E-state index is 10.1. The number of carboxylic acids is 1. The number of carboxylic acid groups (broad SMARTS) is 1. The fraction of sp³-hybridized carbons (Fsp3) is 0.556. The number of hydrogen-bond donors (Lipinski definition) is 1. The van der Waals surface area contributed by atoms with Crippen molar-refractivity contribution in [2.75, 3.05) is 0 Å². The molecule has 0 aromatic rings. The fourth-order valence-corrected chi connectivity index (χ4v) is 0.486. The summed E-state index contributed by atoms with van der Waals surface area (Å²) < 4.78 is 22.5. The Hall–Kier alpha value is -0.437. The molecular formula is C9H12ClNO5Ru. The van der Waals surface area contributed by atoms with Gasteiger partial charge in [0.15, 0.2) is 0 Å². The van der Waals surface area contributed by atoms with Crippen molar-refractivity contribution in [3.05, 3.63) is 20.0 Å². The van der Waals surface area contributed by atoms with E-state index >= 15 is 0 Å². The second kappa shape index (κ2) is 36.1. The summed E-state index contributed by atoms with van der Waals surface area (Å²) >= 11 is 0. The van der Waals surface area contributed by atoms with Crippen molar-refractivity contribution in [2.24, 2.45) is 11.7 Å². The average molecular weight is 351 g/mol. The van der Waals surface area contributed by atoms with Crippen LogP contribution in [0.4, 0.5) is 0 Å².